The Morgan fingerprint density at radius 2 is 2.09 bits per heavy atom. The van der Waals surface area contributed by atoms with Crippen LogP contribution in [-0.4, -0.2) is 44.3 Å². The number of aryl methyl sites for hydroxylation is 1. The highest BCUT2D eigenvalue weighted by atomic mass is 35.5. The van der Waals surface area contributed by atoms with E-state index >= 15 is 0 Å². The van der Waals surface area contributed by atoms with Crippen molar-refractivity contribution in [3.8, 4) is 11.3 Å². The average Bonchev–Trinajstić information content (AvgIpc) is 3.19. The number of H-pyrrole nitrogens is 1. The zero-order chi connectivity index (χ0) is 24.7. The summed E-state index contributed by atoms with van der Waals surface area (Å²) in [5.41, 5.74) is 3.71. The molecule has 8 nitrogen and oxygen atoms in total. The fourth-order valence-electron chi connectivity index (χ4n) is 4.58. The zero-order valence-corrected chi connectivity index (χ0v) is 21.3. The van der Waals surface area contributed by atoms with Gasteiger partial charge in [0.25, 0.3) is 5.56 Å². The second kappa shape index (κ2) is 9.31. The smallest absolute Gasteiger partial charge is 0.328 e. The Morgan fingerprint density at radius 3 is 2.86 bits per heavy atom. The van der Waals surface area contributed by atoms with Gasteiger partial charge in [0.1, 0.15) is 6.33 Å². The fourth-order valence-corrected chi connectivity index (χ4v) is 5.96. The van der Waals surface area contributed by atoms with Crippen LogP contribution < -0.4 is 16.6 Å². The molecule has 4 aromatic rings. The maximum Gasteiger partial charge on any atom is 0.328 e. The molecule has 1 fully saturated rings. The third kappa shape index (κ3) is 5.08. The first-order valence-corrected chi connectivity index (χ1v) is 12.6. The van der Waals surface area contributed by atoms with Crippen LogP contribution in [0.25, 0.3) is 21.5 Å². The topological polar surface area (TPSA) is 102 Å². The Morgan fingerprint density at radius 1 is 1.26 bits per heavy atom. The Kier molecular flexibility index (Phi) is 6.35. The molecule has 0 amide bonds. The summed E-state index contributed by atoms with van der Waals surface area (Å²) in [5.74, 6) is 0. The molecule has 0 bridgehead atoms. The number of hydrogen-bond acceptors (Lipinski definition) is 7. The minimum Gasteiger partial charge on any atom is -0.369 e. The van der Waals surface area contributed by atoms with Gasteiger partial charge in [-0.05, 0) is 50.1 Å². The van der Waals surface area contributed by atoms with Gasteiger partial charge >= 0.3 is 5.69 Å². The highest BCUT2D eigenvalue weighted by Crippen LogP contribution is 2.37. The molecule has 1 aromatic carbocycles. The minimum absolute atomic E-state index is 0.0284. The third-order valence-corrected chi connectivity index (χ3v) is 7.45. The first kappa shape index (κ1) is 23.9. The number of ether oxygens (including phenoxy) is 1. The molecule has 35 heavy (non-hydrogen) atoms. The van der Waals surface area contributed by atoms with Crippen molar-refractivity contribution in [3.05, 3.63) is 78.7 Å². The first-order chi connectivity index (χ1) is 16.7. The SMILES string of the molecule is Cc1cc(Cl)cc(-c2ncnc3cc(Cn4ccc(=O)[nH]c4=O)sc23)c1C[C@@H]1CNCC(C)(C)O1. The van der Waals surface area contributed by atoms with Gasteiger partial charge in [0.2, 0.25) is 0 Å². The predicted molar refractivity (Wildman–Crippen MR) is 139 cm³/mol. The number of morpholine rings is 1. The summed E-state index contributed by atoms with van der Waals surface area (Å²) in [6, 6.07) is 7.22. The van der Waals surface area contributed by atoms with Crippen molar-refractivity contribution in [1.82, 2.24) is 24.8 Å². The zero-order valence-electron chi connectivity index (χ0n) is 19.7. The molecule has 1 saturated heterocycles. The Hall–Kier alpha value is -2.85. The van der Waals surface area contributed by atoms with Gasteiger partial charge in [-0.3, -0.25) is 14.3 Å². The molecule has 3 aromatic heterocycles. The van der Waals surface area contributed by atoms with Gasteiger partial charge < -0.3 is 10.1 Å². The molecule has 0 unspecified atom stereocenters. The van der Waals surface area contributed by atoms with Gasteiger partial charge in [0.05, 0.1) is 34.2 Å². The van der Waals surface area contributed by atoms with Crippen molar-refractivity contribution in [2.24, 2.45) is 0 Å². The molecule has 10 heteroatoms. The van der Waals surface area contributed by atoms with Gasteiger partial charge in [0, 0.05) is 47.2 Å². The number of nitrogens with one attached hydrogen (secondary N) is 2. The third-order valence-electron chi connectivity index (χ3n) is 6.12. The van der Waals surface area contributed by atoms with E-state index in [1.54, 1.807) is 6.33 Å². The molecule has 182 valence electrons. The maximum absolute atomic E-state index is 12.2. The molecule has 4 heterocycles. The summed E-state index contributed by atoms with van der Waals surface area (Å²) in [5, 5.41) is 4.12. The van der Waals surface area contributed by atoms with Crippen LogP contribution in [0, 0.1) is 6.92 Å². The van der Waals surface area contributed by atoms with Crippen LogP contribution in [0.2, 0.25) is 5.02 Å². The van der Waals surface area contributed by atoms with Gasteiger partial charge in [-0.15, -0.1) is 11.3 Å². The lowest BCUT2D eigenvalue weighted by Gasteiger charge is -2.37. The van der Waals surface area contributed by atoms with Crippen molar-refractivity contribution in [3.63, 3.8) is 0 Å². The van der Waals surface area contributed by atoms with E-state index in [0.717, 1.165) is 57.0 Å². The van der Waals surface area contributed by atoms with Crippen molar-refractivity contribution < 1.29 is 4.74 Å². The van der Waals surface area contributed by atoms with Gasteiger partial charge in [-0.2, -0.15) is 0 Å². The molecule has 2 N–H and O–H groups in total. The highest BCUT2D eigenvalue weighted by Gasteiger charge is 2.29. The second-order valence-corrected chi connectivity index (χ2v) is 11.0. The van der Waals surface area contributed by atoms with Crippen LogP contribution >= 0.6 is 22.9 Å². The number of thiophene rings is 1. The summed E-state index contributed by atoms with van der Waals surface area (Å²) < 4.78 is 8.73. The van der Waals surface area contributed by atoms with E-state index in [1.165, 1.54) is 28.2 Å². The molecule has 0 aliphatic carbocycles. The van der Waals surface area contributed by atoms with Crippen LogP contribution in [-0.2, 0) is 17.7 Å². The number of aromatic amines is 1. The van der Waals surface area contributed by atoms with E-state index in [2.05, 4.69) is 41.0 Å². The van der Waals surface area contributed by atoms with Gasteiger partial charge in [-0.1, -0.05) is 11.6 Å². The van der Waals surface area contributed by atoms with Crippen LogP contribution in [0.1, 0.15) is 29.9 Å². The lowest BCUT2D eigenvalue weighted by atomic mass is 9.93. The number of nitrogens with zero attached hydrogens (tertiary/aromatic N) is 3. The van der Waals surface area contributed by atoms with E-state index in [1.807, 2.05) is 18.2 Å². The summed E-state index contributed by atoms with van der Waals surface area (Å²) in [4.78, 5) is 35.9. The number of rotatable bonds is 5. The largest absolute Gasteiger partial charge is 0.369 e. The van der Waals surface area contributed by atoms with Crippen LogP contribution in [0.3, 0.4) is 0 Å². The van der Waals surface area contributed by atoms with E-state index in [4.69, 9.17) is 16.3 Å². The Bertz CT molecular complexity index is 1520. The summed E-state index contributed by atoms with van der Waals surface area (Å²) in [6.45, 7) is 8.18. The van der Waals surface area contributed by atoms with Crippen LogP contribution in [0.15, 0.2) is 46.4 Å². The lowest BCUT2D eigenvalue weighted by molar-refractivity contribution is -0.0928. The van der Waals surface area contributed by atoms with E-state index in [-0.39, 0.29) is 11.7 Å². The van der Waals surface area contributed by atoms with Crippen molar-refractivity contribution in [1.29, 1.82) is 0 Å². The number of halogens is 1. The molecule has 0 saturated carbocycles. The normalized spacial score (nSPS) is 17.7. The predicted octanol–water partition coefficient (Wildman–Crippen LogP) is 3.53. The summed E-state index contributed by atoms with van der Waals surface area (Å²) >= 11 is 8.03. The molecule has 0 spiro atoms. The van der Waals surface area contributed by atoms with Crippen molar-refractivity contribution in [2.45, 2.75) is 45.4 Å². The summed E-state index contributed by atoms with van der Waals surface area (Å²) in [6.07, 6.45) is 3.81. The minimum atomic E-state index is -0.446. The second-order valence-electron chi connectivity index (χ2n) is 9.47. The molecular weight excluding hydrogens is 486 g/mol. The van der Waals surface area contributed by atoms with Crippen molar-refractivity contribution in [2.75, 3.05) is 13.1 Å². The van der Waals surface area contributed by atoms with Crippen LogP contribution in [0.4, 0.5) is 0 Å². The molecule has 1 atom stereocenters. The lowest BCUT2D eigenvalue weighted by Crippen LogP contribution is -2.51. The quantitative estimate of drug-likeness (QED) is 0.425. The van der Waals surface area contributed by atoms with Crippen LogP contribution in [0.5, 0.6) is 0 Å². The first-order valence-electron chi connectivity index (χ1n) is 11.4. The van der Waals surface area contributed by atoms with E-state index < -0.39 is 11.2 Å². The number of fused-ring (bicyclic) bond motifs is 1. The molecule has 1 aliphatic heterocycles. The monoisotopic (exact) mass is 511 g/mol. The standard InChI is InChI=1S/C25H26ClN5O3S/c1-14-6-15(26)7-19(18(14)8-16-10-27-12-25(2,3)34-16)22-23-20(28-13-29-22)9-17(35-23)11-31-5-4-21(32)30-24(31)33/h4-7,9,13,16,27H,8,10-12H2,1-3H3,(H,30,32,33)/t16-/m1/s1. The molecular formula is C25H26ClN5O3S. The Labute approximate surface area is 211 Å². The van der Waals surface area contributed by atoms with Gasteiger partial charge in [0.15, 0.2) is 0 Å². The highest BCUT2D eigenvalue weighted by molar-refractivity contribution is 7.19. The summed E-state index contributed by atoms with van der Waals surface area (Å²) in [7, 11) is 0. The fraction of sp³-hybridized carbons (Fsp3) is 0.360. The van der Waals surface area contributed by atoms with E-state index in [9.17, 15) is 9.59 Å². The molecule has 1 aliphatic rings. The van der Waals surface area contributed by atoms with Crippen molar-refractivity contribution >= 4 is 33.2 Å². The molecule has 0 radical (unpaired) electrons. The number of benzene rings is 1. The Balaban J connectivity index is 1.56. The number of hydrogen-bond donors (Lipinski definition) is 2. The van der Waals surface area contributed by atoms with E-state index in [0.29, 0.717) is 11.6 Å². The average molecular weight is 512 g/mol. The molecule has 5 rings (SSSR count). The maximum atomic E-state index is 12.2. The number of aromatic nitrogens is 4. The van der Waals surface area contributed by atoms with Gasteiger partial charge in [-0.25, -0.2) is 14.8 Å².